The number of hydrogen-bond acceptors (Lipinski definition) is 5. The Morgan fingerprint density at radius 1 is 1.06 bits per heavy atom. The van der Waals surface area contributed by atoms with Gasteiger partial charge in [-0.2, -0.15) is 4.31 Å². The summed E-state index contributed by atoms with van der Waals surface area (Å²) in [6.45, 7) is 0.289. The van der Waals surface area contributed by atoms with E-state index in [9.17, 15) is 13.2 Å². The van der Waals surface area contributed by atoms with Gasteiger partial charge in [0.1, 0.15) is 17.6 Å². The highest BCUT2D eigenvalue weighted by Gasteiger charge is 2.39. The molecule has 1 aliphatic heterocycles. The molecule has 8 nitrogen and oxygen atoms in total. The van der Waals surface area contributed by atoms with Crippen molar-refractivity contribution in [3.63, 3.8) is 0 Å². The number of sulfonamides is 1. The van der Waals surface area contributed by atoms with Crippen LogP contribution >= 0.6 is 0 Å². The van der Waals surface area contributed by atoms with E-state index in [-0.39, 0.29) is 17.3 Å². The summed E-state index contributed by atoms with van der Waals surface area (Å²) in [6.07, 6.45) is 1.06. The smallest absolute Gasteiger partial charge is 0.243 e. The molecule has 3 aromatic carbocycles. The Balaban J connectivity index is 1.41. The average molecular weight is 477 g/mol. The van der Waals surface area contributed by atoms with Crippen molar-refractivity contribution in [3.8, 4) is 17.1 Å². The number of imidazole rings is 1. The van der Waals surface area contributed by atoms with E-state index in [1.807, 2.05) is 42.5 Å². The molecule has 1 saturated heterocycles. The number of rotatable bonds is 6. The Labute approximate surface area is 197 Å². The summed E-state index contributed by atoms with van der Waals surface area (Å²) in [6, 6.07) is 20.4. The van der Waals surface area contributed by atoms with Crippen LogP contribution in [0.25, 0.3) is 22.4 Å². The minimum atomic E-state index is -3.83. The van der Waals surface area contributed by atoms with Gasteiger partial charge < -0.3 is 15.0 Å². The molecule has 0 bridgehead atoms. The highest BCUT2D eigenvalue weighted by molar-refractivity contribution is 7.89. The lowest BCUT2D eigenvalue weighted by Crippen LogP contribution is -2.43. The number of benzene rings is 3. The molecule has 0 aliphatic carbocycles. The number of para-hydroxylation sites is 3. The number of carbonyl (C=O) groups is 1. The Morgan fingerprint density at radius 3 is 2.56 bits per heavy atom. The Kier molecular flexibility index (Phi) is 5.80. The lowest BCUT2D eigenvalue weighted by atomic mass is 10.1. The molecule has 9 heteroatoms. The second-order valence-corrected chi connectivity index (χ2v) is 9.98. The quantitative estimate of drug-likeness (QED) is 0.437. The number of methoxy groups -OCH3 is 1. The molecule has 0 unspecified atom stereocenters. The fourth-order valence-electron chi connectivity index (χ4n) is 4.27. The maximum atomic E-state index is 13.3. The van der Waals surface area contributed by atoms with Crippen LogP contribution in [-0.2, 0) is 14.8 Å². The molecule has 2 heterocycles. The normalized spacial score (nSPS) is 16.6. The number of amides is 1. The third-order valence-corrected chi connectivity index (χ3v) is 7.92. The summed E-state index contributed by atoms with van der Waals surface area (Å²) in [5, 5.41) is 2.94. The molecule has 174 valence electrons. The number of ether oxygens (including phenoxy) is 1. The minimum Gasteiger partial charge on any atom is -0.497 e. The standard InChI is InChI=1S/C25H24N4O4S/c1-33-17-12-14-18(15-13-17)34(31,32)29-16-6-11-23(29)25(30)28-20-8-3-2-7-19(20)24-26-21-9-4-5-10-22(21)27-24/h2-5,7-10,12-15,23H,6,11,16H2,1H3,(H,26,27)(H,28,30)/t23-/m0/s1. The van der Waals surface area contributed by atoms with Crippen LogP contribution in [0.5, 0.6) is 5.75 Å². The van der Waals surface area contributed by atoms with Crippen LogP contribution in [0, 0.1) is 0 Å². The Morgan fingerprint density at radius 2 is 1.79 bits per heavy atom. The van der Waals surface area contributed by atoms with Crippen molar-refractivity contribution >= 4 is 32.7 Å². The predicted octanol–water partition coefficient (Wildman–Crippen LogP) is 4.03. The minimum absolute atomic E-state index is 0.135. The number of anilines is 1. The van der Waals surface area contributed by atoms with E-state index in [0.717, 1.165) is 16.6 Å². The SMILES string of the molecule is COc1ccc(S(=O)(=O)N2CCC[C@H]2C(=O)Nc2ccccc2-c2nc3ccccc3[nH]2)cc1. The van der Waals surface area contributed by atoms with E-state index in [2.05, 4.69) is 15.3 Å². The van der Waals surface area contributed by atoms with Gasteiger partial charge in [-0.15, -0.1) is 0 Å². The van der Waals surface area contributed by atoms with Crippen molar-refractivity contribution in [2.24, 2.45) is 0 Å². The van der Waals surface area contributed by atoms with Crippen LogP contribution in [0.1, 0.15) is 12.8 Å². The van der Waals surface area contributed by atoms with Crippen LogP contribution in [0.3, 0.4) is 0 Å². The number of aromatic amines is 1. The average Bonchev–Trinajstić information content (AvgIpc) is 3.52. The van der Waals surface area contributed by atoms with Crippen molar-refractivity contribution in [1.29, 1.82) is 0 Å². The van der Waals surface area contributed by atoms with Crippen molar-refractivity contribution in [1.82, 2.24) is 14.3 Å². The van der Waals surface area contributed by atoms with Crippen molar-refractivity contribution in [2.45, 2.75) is 23.8 Å². The Hall–Kier alpha value is -3.69. The van der Waals surface area contributed by atoms with Crippen LogP contribution in [0.4, 0.5) is 5.69 Å². The summed E-state index contributed by atoms with van der Waals surface area (Å²) < 4.78 is 33.0. The fourth-order valence-corrected chi connectivity index (χ4v) is 5.92. The largest absolute Gasteiger partial charge is 0.497 e. The van der Waals surface area contributed by atoms with Gasteiger partial charge in [-0.25, -0.2) is 13.4 Å². The van der Waals surface area contributed by atoms with Crippen LogP contribution in [-0.4, -0.2) is 48.3 Å². The number of hydrogen-bond donors (Lipinski definition) is 2. The van der Waals surface area contributed by atoms with Gasteiger partial charge in [0.05, 0.1) is 28.7 Å². The van der Waals surface area contributed by atoms with E-state index in [1.165, 1.54) is 23.5 Å². The molecule has 0 radical (unpaired) electrons. The zero-order valence-corrected chi connectivity index (χ0v) is 19.4. The molecular weight excluding hydrogens is 452 g/mol. The van der Waals surface area contributed by atoms with Gasteiger partial charge in [0.2, 0.25) is 15.9 Å². The topological polar surface area (TPSA) is 104 Å². The van der Waals surface area contributed by atoms with Gasteiger partial charge in [0, 0.05) is 12.1 Å². The molecule has 5 rings (SSSR count). The van der Waals surface area contributed by atoms with E-state index in [4.69, 9.17) is 4.74 Å². The summed E-state index contributed by atoms with van der Waals surface area (Å²) in [5.74, 6) is 0.834. The molecule has 1 aliphatic rings. The first-order valence-electron chi connectivity index (χ1n) is 11.0. The van der Waals surface area contributed by atoms with E-state index < -0.39 is 16.1 Å². The third-order valence-electron chi connectivity index (χ3n) is 6.00. The summed E-state index contributed by atoms with van der Waals surface area (Å²) >= 11 is 0. The van der Waals surface area contributed by atoms with E-state index in [0.29, 0.717) is 30.1 Å². The van der Waals surface area contributed by atoms with Crippen molar-refractivity contribution in [2.75, 3.05) is 19.0 Å². The second kappa shape index (κ2) is 8.92. The van der Waals surface area contributed by atoms with Gasteiger partial charge >= 0.3 is 0 Å². The van der Waals surface area contributed by atoms with Crippen molar-refractivity contribution < 1.29 is 17.9 Å². The molecule has 1 fully saturated rings. The fraction of sp³-hybridized carbons (Fsp3) is 0.200. The summed E-state index contributed by atoms with van der Waals surface area (Å²) in [4.78, 5) is 21.3. The maximum absolute atomic E-state index is 13.3. The molecule has 1 atom stereocenters. The highest BCUT2D eigenvalue weighted by atomic mass is 32.2. The molecule has 1 amide bonds. The van der Waals surface area contributed by atoms with Gasteiger partial charge in [0.15, 0.2) is 0 Å². The second-order valence-electron chi connectivity index (χ2n) is 8.09. The lowest BCUT2D eigenvalue weighted by molar-refractivity contribution is -0.119. The molecule has 0 spiro atoms. The first-order chi connectivity index (χ1) is 16.5. The van der Waals surface area contributed by atoms with Crippen LogP contribution in [0.2, 0.25) is 0 Å². The van der Waals surface area contributed by atoms with E-state index >= 15 is 0 Å². The van der Waals surface area contributed by atoms with Gasteiger partial charge in [-0.05, 0) is 61.4 Å². The van der Waals surface area contributed by atoms with Crippen LogP contribution < -0.4 is 10.1 Å². The lowest BCUT2D eigenvalue weighted by Gasteiger charge is -2.24. The van der Waals surface area contributed by atoms with E-state index in [1.54, 1.807) is 18.2 Å². The number of carbonyl (C=O) groups excluding carboxylic acids is 1. The summed E-state index contributed by atoms with van der Waals surface area (Å²) in [7, 11) is -2.31. The number of fused-ring (bicyclic) bond motifs is 1. The Bertz CT molecular complexity index is 1410. The number of H-pyrrole nitrogens is 1. The maximum Gasteiger partial charge on any atom is 0.243 e. The number of nitrogens with zero attached hydrogens (tertiary/aromatic N) is 2. The van der Waals surface area contributed by atoms with Crippen molar-refractivity contribution in [3.05, 3.63) is 72.8 Å². The van der Waals surface area contributed by atoms with Gasteiger partial charge in [0.25, 0.3) is 0 Å². The predicted molar refractivity (Wildman–Crippen MR) is 130 cm³/mol. The molecule has 1 aromatic heterocycles. The molecule has 0 saturated carbocycles. The summed E-state index contributed by atoms with van der Waals surface area (Å²) in [5.41, 5.74) is 3.02. The monoisotopic (exact) mass is 476 g/mol. The number of aromatic nitrogens is 2. The first-order valence-corrected chi connectivity index (χ1v) is 12.4. The molecule has 4 aromatic rings. The zero-order valence-electron chi connectivity index (χ0n) is 18.6. The molecular formula is C25H24N4O4S. The van der Waals surface area contributed by atoms with Crippen LogP contribution in [0.15, 0.2) is 77.7 Å². The first kappa shape index (κ1) is 22.1. The third kappa shape index (κ3) is 4.04. The zero-order chi connectivity index (χ0) is 23.7. The van der Waals surface area contributed by atoms with Gasteiger partial charge in [-0.1, -0.05) is 24.3 Å². The highest BCUT2D eigenvalue weighted by Crippen LogP contribution is 2.31. The molecule has 34 heavy (non-hydrogen) atoms. The van der Waals surface area contributed by atoms with Gasteiger partial charge in [-0.3, -0.25) is 4.79 Å². The number of nitrogens with one attached hydrogen (secondary N) is 2. The molecule has 2 N–H and O–H groups in total.